The van der Waals surface area contributed by atoms with Gasteiger partial charge in [-0.3, -0.25) is 0 Å². The summed E-state index contributed by atoms with van der Waals surface area (Å²) < 4.78 is 15.3. The first kappa shape index (κ1) is 13.3. The Kier molecular flexibility index (Phi) is 2.62. The minimum absolute atomic E-state index is 0.0419. The number of carbonyl (C=O) groups is 3. The molecule has 23 heavy (non-hydrogen) atoms. The summed E-state index contributed by atoms with van der Waals surface area (Å²) in [4.78, 5) is 35.3. The third kappa shape index (κ3) is 1.85. The molecule has 0 radical (unpaired) electrons. The lowest BCUT2D eigenvalue weighted by atomic mass is 10.1. The molecule has 0 fully saturated rings. The van der Waals surface area contributed by atoms with Crippen LogP contribution < -0.4 is 4.74 Å². The zero-order valence-electron chi connectivity index (χ0n) is 11.6. The van der Waals surface area contributed by atoms with E-state index < -0.39 is 17.9 Å². The van der Waals surface area contributed by atoms with E-state index >= 15 is 0 Å². The summed E-state index contributed by atoms with van der Waals surface area (Å²) in [7, 11) is 0. The molecule has 0 unspecified atom stereocenters. The van der Waals surface area contributed by atoms with E-state index in [-0.39, 0.29) is 33.9 Å². The lowest BCUT2D eigenvalue weighted by molar-refractivity contribution is 0.0442. The summed E-state index contributed by atoms with van der Waals surface area (Å²) in [6.07, 6.45) is 0. The molecular weight excluding hydrogens is 300 g/mol. The smallest absolute Gasteiger partial charge is 0.350 e. The van der Waals surface area contributed by atoms with Crippen molar-refractivity contribution in [2.45, 2.75) is 0 Å². The normalized spacial score (nSPS) is 15.1. The summed E-state index contributed by atoms with van der Waals surface area (Å²) in [5.41, 5.74) is 0.930. The van der Waals surface area contributed by atoms with Gasteiger partial charge < -0.3 is 14.2 Å². The minimum Gasteiger partial charge on any atom is -0.455 e. The second-order valence-electron chi connectivity index (χ2n) is 4.95. The predicted molar refractivity (Wildman–Crippen MR) is 77.2 cm³/mol. The largest absolute Gasteiger partial charge is 0.455 e. The van der Waals surface area contributed by atoms with Crippen LogP contribution in [0.3, 0.4) is 0 Å². The van der Waals surface area contributed by atoms with Crippen LogP contribution in [-0.4, -0.2) is 17.9 Å². The lowest BCUT2D eigenvalue weighted by Gasteiger charge is -2.10. The fourth-order valence-corrected chi connectivity index (χ4v) is 2.58. The van der Waals surface area contributed by atoms with Gasteiger partial charge in [-0.05, 0) is 18.2 Å². The summed E-state index contributed by atoms with van der Waals surface area (Å²) in [5.74, 6) is -1.49. The molecule has 112 valence electrons. The topological polar surface area (TPSA) is 78.9 Å². The van der Waals surface area contributed by atoms with E-state index in [1.165, 1.54) is 12.1 Å². The van der Waals surface area contributed by atoms with Crippen molar-refractivity contribution in [1.29, 1.82) is 0 Å². The molecule has 0 aromatic heterocycles. The Morgan fingerprint density at radius 3 is 2.00 bits per heavy atom. The average Bonchev–Trinajstić information content (AvgIpc) is 2.98. The molecule has 0 saturated heterocycles. The highest BCUT2D eigenvalue weighted by Gasteiger charge is 2.34. The third-order valence-electron chi connectivity index (χ3n) is 3.60. The Morgan fingerprint density at radius 1 is 0.739 bits per heavy atom. The number of rotatable bonds is 2. The van der Waals surface area contributed by atoms with Crippen LogP contribution in [0.25, 0.3) is 5.76 Å². The minimum atomic E-state index is -0.778. The van der Waals surface area contributed by atoms with Crippen LogP contribution in [0.2, 0.25) is 0 Å². The number of carbonyl (C=O) groups excluding carboxylic acids is 3. The Morgan fingerprint density at radius 2 is 1.30 bits per heavy atom. The van der Waals surface area contributed by atoms with Crippen molar-refractivity contribution < 1.29 is 28.6 Å². The van der Waals surface area contributed by atoms with Crippen LogP contribution in [0.1, 0.15) is 36.6 Å². The van der Waals surface area contributed by atoms with E-state index in [0.29, 0.717) is 5.56 Å². The van der Waals surface area contributed by atoms with Crippen LogP contribution in [0, 0.1) is 0 Å². The van der Waals surface area contributed by atoms with Gasteiger partial charge in [-0.1, -0.05) is 24.8 Å². The van der Waals surface area contributed by atoms with Gasteiger partial charge in [0.2, 0.25) is 0 Å². The van der Waals surface area contributed by atoms with Crippen molar-refractivity contribution in [1.82, 2.24) is 0 Å². The van der Waals surface area contributed by atoms with E-state index in [1.807, 2.05) is 0 Å². The van der Waals surface area contributed by atoms with Gasteiger partial charge in [0.1, 0.15) is 28.4 Å². The fourth-order valence-electron chi connectivity index (χ4n) is 2.58. The molecule has 6 heteroatoms. The second-order valence-corrected chi connectivity index (χ2v) is 4.95. The number of hydrogen-bond donors (Lipinski definition) is 0. The van der Waals surface area contributed by atoms with Gasteiger partial charge in [-0.25, -0.2) is 14.4 Å². The van der Waals surface area contributed by atoms with E-state index in [9.17, 15) is 14.4 Å². The molecule has 2 aromatic rings. The first-order valence-electron chi connectivity index (χ1n) is 6.68. The molecule has 2 aliphatic heterocycles. The van der Waals surface area contributed by atoms with Gasteiger partial charge >= 0.3 is 17.9 Å². The lowest BCUT2D eigenvalue weighted by Crippen LogP contribution is -2.01. The van der Waals surface area contributed by atoms with Gasteiger partial charge in [-0.2, -0.15) is 0 Å². The first-order valence-corrected chi connectivity index (χ1v) is 6.68. The summed E-state index contributed by atoms with van der Waals surface area (Å²) in [6, 6.07) is 9.49. The van der Waals surface area contributed by atoms with Crippen LogP contribution in [0.15, 0.2) is 43.0 Å². The summed E-state index contributed by atoms with van der Waals surface area (Å²) in [5, 5.41) is 0. The van der Waals surface area contributed by atoms with Gasteiger partial charge in [-0.15, -0.1) is 0 Å². The Hall–Kier alpha value is -3.41. The predicted octanol–water partition coefficient (Wildman–Crippen LogP) is 2.93. The molecule has 6 nitrogen and oxygen atoms in total. The summed E-state index contributed by atoms with van der Waals surface area (Å²) >= 11 is 0. The molecule has 2 aliphatic rings. The number of fused-ring (bicyclic) bond motifs is 2. The molecule has 0 saturated carbocycles. The van der Waals surface area contributed by atoms with E-state index in [2.05, 4.69) is 11.3 Å². The summed E-state index contributed by atoms with van der Waals surface area (Å²) in [6.45, 7) is 3.66. The Balaban J connectivity index is 1.83. The number of cyclic esters (lactones) is 3. The molecule has 0 aliphatic carbocycles. The van der Waals surface area contributed by atoms with Gasteiger partial charge in [0.05, 0.1) is 5.56 Å². The van der Waals surface area contributed by atoms with Crippen molar-refractivity contribution in [3.8, 4) is 11.5 Å². The van der Waals surface area contributed by atoms with Crippen molar-refractivity contribution in [3.63, 3.8) is 0 Å². The molecule has 2 heterocycles. The second kappa shape index (κ2) is 4.54. The number of esters is 3. The average molecular weight is 308 g/mol. The number of hydrogen-bond acceptors (Lipinski definition) is 6. The van der Waals surface area contributed by atoms with Gasteiger partial charge in [0, 0.05) is 5.56 Å². The van der Waals surface area contributed by atoms with Crippen molar-refractivity contribution in [2.24, 2.45) is 0 Å². The highest BCUT2D eigenvalue weighted by molar-refractivity contribution is 6.16. The van der Waals surface area contributed by atoms with Crippen LogP contribution in [0.4, 0.5) is 0 Å². The number of ether oxygens (including phenoxy) is 3. The van der Waals surface area contributed by atoms with Gasteiger partial charge in [0.15, 0.2) is 0 Å². The highest BCUT2D eigenvalue weighted by Crippen LogP contribution is 2.39. The molecule has 0 atom stereocenters. The van der Waals surface area contributed by atoms with E-state index in [1.54, 1.807) is 24.3 Å². The molecule has 0 amide bonds. The zero-order chi connectivity index (χ0) is 16.1. The molecule has 0 bridgehead atoms. The molecule has 0 N–H and O–H groups in total. The van der Waals surface area contributed by atoms with E-state index in [0.717, 1.165) is 0 Å². The van der Waals surface area contributed by atoms with E-state index in [4.69, 9.17) is 9.47 Å². The van der Waals surface area contributed by atoms with Crippen LogP contribution in [0.5, 0.6) is 11.5 Å². The maximum absolute atomic E-state index is 11.9. The maximum atomic E-state index is 11.9. The Labute approximate surface area is 129 Å². The third-order valence-corrected chi connectivity index (χ3v) is 3.60. The quantitative estimate of drug-likeness (QED) is 0.627. The molecule has 2 aromatic carbocycles. The molecule has 4 rings (SSSR count). The highest BCUT2D eigenvalue weighted by atomic mass is 16.6. The van der Waals surface area contributed by atoms with Crippen molar-refractivity contribution >= 4 is 23.7 Å². The standard InChI is InChI=1S/C17H8O6/c1-8-9-4-2-6-11(13(9)16(19)21-8)22-12-7-3-5-10-14(12)17(20)23-15(10)18/h2-7H,1H2. The SMILES string of the molecule is C=C1OC(=O)c2c(Oc3cccc4c3C(=O)OC4=O)cccc21. The van der Waals surface area contributed by atoms with Crippen molar-refractivity contribution in [2.75, 3.05) is 0 Å². The van der Waals surface area contributed by atoms with Crippen LogP contribution >= 0.6 is 0 Å². The molecular formula is C17H8O6. The maximum Gasteiger partial charge on any atom is 0.350 e. The monoisotopic (exact) mass is 308 g/mol. The van der Waals surface area contributed by atoms with Gasteiger partial charge in [0.25, 0.3) is 0 Å². The Bertz CT molecular complexity index is 849. The zero-order valence-corrected chi connectivity index (χ0v) is 11.6. The number of benzene rings is 2. The fraction of sp³-hybridized carbons (Fsp3) is 0. The molecule has 0 spiro atoms. The first-order chi connectivity index (χ1) is 11.1. The van der Waals surface area contributed by atoms with Crippen LogP contribution in [-0.2, 0) is 9.47 Å². The van der Waals surface area contributed by atoms with Crippen molar-refractivity contribution in [3.05, 3.63) is 65.2 Å².